The van der Waals surface area contributed by atoms with E-state index >= 15 is 0 Å². The Labute approximate surface area is 148 Å². The Hall–Kier alpha value is -2.29. The first-order chi connectivity index (χ1) is 12.1. The molecule has 26 heavy (non-hydrogen) atoms. The Balaban J connectivity index is 1.80. The maximum absolute atomic E-state index is 12.1. The molecule has 1 saturated heterocycles. The van der Waals surface area contributed by atoms with Gasteiger partial charge in [-0.1, -0.05) is 19.1 Å². The molecule has 1 fully saturated rings. The molecule has 0 bridgehead atoms. The molecule has 1 heterocycles. The number of carbonyl (C=O) groups excluding carboxylic acids is 1. The van der Waals surface area contributed by atoms with E-state index in [-0.39, 0.29) is 30.7 Å². The van der Waals surface area contributed by atoms with E-state index in [1.54, 1.807) is 0 Å². The second-order valence-corrected chi connectivity index (χ2v) is 6.54. The fraction of sp³-hybridized carbons (Fsp3) is 0.529. The normalized spacial score (nSPS) is 21.2. The lowest BCUT2D eigenvalue weighted by Crippen LogP contribution is -2.46. The number of likely N-dealkylation sites (tertiary alicyclic amines) is 1. The zero-order valence-corrected chi connectivity index (χ0v) is 14.3. The van der Waals surface area contributed by atoms with Crippen molar-refractivity contribution in [2.75, 3.05) is 19.6 Å². The summed E-state index contributed by atoms with van der Waals surface area (Å²) in [5, 5.41) is 11.8. The number of hydrogen-bond donors (Lipinski definition) is 2. The topological polar surface area (TPSA) is 78.9 Å². The quantitative estimate of drug-likeness (QED) is 0.799. The summed E-state index contributed by atoms with van der Waals surface area (Å²) in [4.78, 5) is 25.0. The van der Waals surface area contributed by atoms with Gasteiger partial charge in [-0.25, -0.2) is 0 Å². The summed E-state index contributed by atoms with van der Waals surface area (Å²) in [6, 6.07) is 5.23. The smallest absolute Gasteiger partial charge is 0.481 e. The van der Waals surface area contributed by atoms with Gasteiger partial charge in [0.2, 0.25) is 5.91 Å². The fourth-order valence-electron chi connectivity index (χ4n) is 3.04. The summed E-state index contributed by atoms with van der Waals surface area (Å²) in [5.41, 5.74) is 0.628. The predicted octanol–water partition coefficient (Wildman–Crippen LogP) is 2.24. The molecule has 0 radical (unpaired) electrons. The van der Waals surface area contributed by atoms with Crippen LogP contribution in [0.1, 0.15) is 18.9 Å². The summed E-state index contributed by atoms with van der Waals surface area (Å²) in [5.74, 6) is -1.73. The van der Waals surface area contributed by atoms with Gasteiger partial charge in [-0.15, -0.1) is 13.2 Å². The molecule has 1 aliphatic heterocycles. The number of carbonyl (C=O) groups is 2. The standard InChI is InChI=1S/C17H21F3N2O4/c1-11-6-13(16(24)25)9-22(8-11)10-15(23)21-7-12-2-4-14(5-3-12)26-17(18,19)20/h2-5,11,13H,6-10H2,1H3,(H,21,23)(H,24,25). The number of aliphatic carboxylic acids is 1. The lowest BCUT2D eigenvalue weighted by molar-refractivity contribution is -0.274. The predicted molar refractivity (Wildman–Crippen MR) is 86.3 cm³/mol. The molecular weight excluding hydrogens is 353 g/mol. The third kappa shape index (κ3) is 6.55. The third-order valence-electron chi connectivity index (χ3n) is 4.10. The second-order valence-electron chi connectivity index (χ2n) is 6.54. The Kier molecular flexibility index (Phi) is 6.47. The van der Waals surface area contributed by atoms with Crippen LogP contribution in [0.2, 0.25) is 0 Å². The molecule has 9 heteroatoms. The number of alkyl halides is 3. The second kappa shape index (κ2) is 8.39. The van der Waals surface area contributed by atoms with Gasteiger partial charge in [-0.2, -0.15) is 0 Å². The highest BCUT2D eigenvalue weighted by molar-refractivity contribution is 5.78. The van der Waals surface area contributed by atoms with Crippen molar-refractivity contribution in [2.24, 2.45) is 11.8 Å². The first-order valence-corrected chi connectivity index (χ1v) is 8.19. The fourth-order valence-corrected chi connectivity index (χ4v) is 3.04. The van der Waals surface area contributed by atoms with Crippen LogP contribution in [0.4, 0.5) is 13.2 Å². The number of ether oxygens (including phenoxy) is 1. The minimum absolute atomic E-state index is 0.0867. The first kappa shape index (κ1) is 20.0. The molecule has 6 nitrogen and oxygen atoms in total. The van der Waals surface area contributed by atoms with Gasteiger partial charge in [0, 0.05) is 19.6 Å². The zero-order chi connectivity index (χ0) is 19.3. The summed E-state index contributed by atoms with van der Waals surface area (Å²) >= 11 is 0. The van der Waals surface area contributed by atoms with Crippen LogP contribution in [0.3, 0.4) is 0 Å². The molecule has 0 spiro atoms. The van der Waals surface area contributed by atoms with E-state index in [9.17, 15) is 22.8 Å². The largest absolute Gasteiger partial charge is 0.573 e. The van der Waals surface area contributed by atoms with Crippen molar-refractivity contribution in [1.82, 2.24) is 10.2 Å². The number of piperidine rings is 1. The number of rotatable bonds is 6. The molecule has 2 unspecified atom stereocenters. The molecule has 2 N–H and O–H groups in total. The van der Waals surface area contributed by atoms with E-state index in [0.29, 0.717) is 25.1 Å². The molecule has 144 valence electrons. The van der Waals surface area contributed by atoms with Crippen molar-refractivity contribution in [1.29, 1.82) is 0 Å². The zero-order valence-electron chi connectivity index (χ0n) is 14.3. The summed E-state index contributed by atoms with van der Waals surface area (Å²) in [6.45, 7) is 3.18. The van der Waals surface area contributed by atoms with Gasteiger partial charge in [-0.3, -0.25) is 14.5 Å². The number of carboxylic acid groups (broad SMARTS) is 1. The minimum Gasteiger partial charge on any atom is -0.481 e. The van der Waals surface area contributed by atoms with E-state index < -0.39 is 18.2 Å². The molecule has 2 rings (SSSR count). The molecule has 1 aromatic carbocycles. The lowest BCUT2D eigenvalue weighted by Gasteiger charge is -2.34. The summed E-state index contributed by atoms with van der Waals surface area (Å²) < 4.78 is 40.1. The van der Waals surface area contributed by atoms with Gasteiger partial charge in [-0.05, 0) is 30.0 Å². The van der Waals surface area contributed by atoms with E-state index in [0.717, 1.165) is 0 Å². The van der Waals surface area contributed by atoms with Gasteiger partial charge >= 0.3 is 12.3 Å². The highest BCUT2D eigenvalue weighted by Gasteiger charge is 2.31. The Morgan fingerprint density at radius 1 is 1.27 bits per heavy atom. The Morgan fingerprint density at radius 3 is 2.50 bits per heavy atom. The van der Waals surface area contributed by atoms with Crippen LogP contribution in [0.25, 0.3) is 0 Å². The van der Waals surface area contributed by atoms with Gasteiger partial charge in [0.25, 0.3) is 0 Å². The molecule has 1 amide bonds. The molecular formula is C17H21F3N2O4. The number of nitrogens with zero attached hydrogens (tertiary/aromatic N) is 1. The average molecular weight is 374 g/mol. The monoisotopic (exact) mass is 374 g/mol. The molecule has 0 saturated carbocycles. The molecule has 1 aliphatic rings. The number of carboxylic acids is 1. The molecule has 0 aliphatic carbocycles. The van der Waals surface area contributed by atoms with E-state index in [2.05, 4.69) is 10.1 Å². The highest BCUT2D eigenvalue weighted by atomic mass is 19.4. The van der Waals surface area contributed by atoms with Crippen LogP contribution >= 0.6 is 0 Å². The summed E-state index contributed by atoms with van der Waals surface area (Å²) in [6.07, 6.45) is -4.14. The van der Waals surface area contributed by atoms with Crippen molar-refractivity contribution >= 4 is 11.9 Å². The van der Waals surface area contributed by atoms with E-state index in [1.165, 1.54) is 24.3 Å². The van der Waals surface area contributed by atoms with Gasteiger partial charge in [0.1, 0.15) is 5.75 Å². The number of hydrogen-bond acceptors (Lipinski definition) is 4. The van der Waals surface area contributed by atoms with Crippen molar-refractivity contribution < 1.29 is 32.6 Å². The van der Waals surface area contributed by atoms with Crippen LogP contribution < -0.4 is 10.1 Å². The van der Waals surface area contributed by atoms with E-state index in [4.69, 9.17) is 5.11 Å². The maximum atomic E-state index is 12.1. The van der Waals surface area contributed by atoms with Crippen molar-refractivity contribution in [2.45, 2.75) is 26.3 Å². The number of halogens is 3. The average Bonchev–Trinajstić information content (AvgIpc) is 2.52. The summed E-state index contributed by atoms with van der Waals surface area (Å²) in [7, 11) is 0. The van der Waals surface area contributed by atoms with Crippen LogP contribution in [0.5, 0.6) is 5.75 Å². The van der Waals surface area contributed by atoms with Crippen molar-refractivity contribution in [3.05, 3.63) is 29.8 Å². The Bertz CT molecular complexity index is 634. The minimum atomic E-state index is -4.74. The first-order valence-electron chi connectivity index (χ1n) is 8.19. The number of benzene rings is 1. The Morgan fingerprint density at radius 2 is 1.92 bits per heavy atom. The van der Waals surface area contributed by atoms with Crippen LogP contribution in [-0.4, -0.2) is 47.9 Å². The van der Waals surface area contributed by atoms with Gasteiger partial charge in [0.15, 0.2) is 0 Å². The maximum Gasteiger partial charge on any atom is 0.573 e. The molecule has 0 aromatic heterocycles. The van der Waals surface area contributed by atoms with Crippen molar-refractivity contribution in [3.63, 3.8) is 0 Å². The highest BCUT2D eigenvalue weighted by Crippen LogP contribution is 2.23. The SMILES string of the molecule is CC1CC(C(=O)O)CN(CC(=O)NCc2ccc(OC(F)(F)F)cc2)C1. The number of amides is 1. The third-order valence-corrected chi connectivity index (χ3v) is 4.10. The van der Waals surface area contributed by atoms with Crippen LogP contribution in [-0.2, 0) is 16.1 Å². The van der Waals surface area contributed by atoms with Crippen molar-refractivity contribution in [3.8, 4) is 5.75 Å². The van der Waals surface area contributed by atoms with Gasteiger partial charge < -0.3 is 15.2 Å². The number of nitrogens with one attached hydrogen (secondary N) is 1. The van der Waals surface area contributed by atoms with Crippen LogP contribution in [0, 0.1) is 11.8 Å². The lowest BCUT2D eigenvalue weighted by atomic mass is 9.90. The van der Waals surface area contributed by atoms with E-state index in [1.807, 2.05) is 11.8 Å². The van der Waals surface area contributed by atoms with Gasteiger partial charge in [0.05, 0.1) is 12.5 Å². The molecule has 2 atom stereocenters. The van der Waals surface area contributed by atoms with Crippen LogP contribution in [0.15, 0.2) is 24.3 Å². The molecule has 1 aromatic rings.